The minimum atomic E-state index is 0.399. The SMILES string of the molecule is COCC(Br)CN(C)Cc1cc(Br)cs1. The van der Waals surface area contributed by atoms with Gasteiger partial charge in [-0.1, -0.05) is 15.9 Å². The first kappa shape index (κ1) is 13.6. The van der Waals surface area contributed by atoms with Gasteiger partial charge in [0.05, 0.1) is 11.4 Å². The summed E-state index contributed by atoms with van der Waals surface area (Å²) in [6.07, 6.45) is 0. The molecule has 5 heteroatoms. The summed E-state index contributed by atoms with van der Waals surface area (Å²) in [5.74, 6) is 0. The van der Waals surface area contributed by atoms with Crippen molar-refractivity contribution in [1.29, 1.82) is 0 Å². The Hall–Kier alpha value is 0.580. The average molecular weight is 357 g/mol. The lowest BCUT2D eigenvalue weighted by Gasteiger charge is -2.18. The molecule has 0 aliphatic rings. The van der Waals surface area contributed by atoms with E-state index >= 15 is 0 Å². The standard InChI is InChI=1S/C10H15Br2NOS/c1-13(4-9(12)6-14-2)5-10-3-8(11)7-15-10/h3,7,9H,4-6H2,1-2H3. The lowest BCUT2D eigenvalue weighted by Crippen LogP contribution is -2.27. The predicted molar refractivity (Wildman–Crippen MR) is 72.9 cm³/mol. The third kappa shape index (κ3) is 5.45. The van der Waals surface area contributed by atoms with E-state index in [0.717, 1.165) is 19.7 Å². The molecule has 0 amide bonds. The summed E-state index contributed by atoms with van der Waals surface area (Å²) >= 11 is 8.83. The molecule has 0 spiro atoms. The van der Waals surface area contributed by atoms with E-state index in [1.54, 1.807) is 18.4 Å². The molecule has 1 rings (SSSR count). The van der Waals surface area contributed by atoms with Crippen LogP contribution in [0, 0.1) is 0 Å². The van der Waals surface area contributed by atoms with Gasteiger partial charge < -0.3 is 9.64 Å². The number of nitrogens with zero attached hydrogens (tertiary/aromatic N) is 1. The zero-order valence-electron chi connectivity index (χ0n) is 8.87. The van der Waals surface area contributed by atoms with E-state index in [1.807, 2.05) is 0 Å². The molecule has 0 saturated carbocycles. The highest BCUT2D eigenvalue weighted by Gasteiger charge is 2.09. The van der Waals surface area contributed by atoms with Crippen LogP contribution in [-0.4, -0.2) is 37.0 Å². The van der Waals surface area contributed by atoms with Crippen LogP contribution < -0.4 is 0 Å². The smallest absolute Gasteiger partial charge is 0.0600 e. The van der Waals surface area contributed by atoms with E-state index in [0.29, 0.717) is 4.83 Å². The normalized spacial score (nSPS) is 13.4. The van der Waals surface area contributed by atoms with Crippen LogP contribution in [0.3, 0.4) is 0 Å². The second kappa shape index (κ2) is 7.01. The summed E-state index contributed by atoms with van der Waals surface area (Å²) in [6.45, 7) is 2.73. The molecule has 1 aromatic heterocycles. The van der Waals surface area contributed by atoms with Crippen molar-refractivity contribution in [3.8, 4) is 0 Å². The maximum absolute atomic E-state index is 5.08. The van der Waals surface area contributed by atoms with Gasteiger partial charge >= 0.3 is 0 Å². The molecule has 2 nitrogen and oxygen atoms in total. The van der Waals surface area contributed by atoms with Gasteiger partial charge in [0, 0.05) is 34.9 Å². The Bertz CT molecular complexity index is 293. The molecule has 0 saturated heterocycles. The molecular weight excluding hydrogens is 342 g/mol. The van der Waals surface area contributed by atoms with Gasteiger partial charge in [0.25, 0.3) is 0 Å². The molecule has 0 aromatic carbocycles. The average Bonchev–Trinajstić information content (AvgIpc) is 2.51. The Morgan fingerprint density at radius 2 is 2.33 bits per heavy atom. The Balaban J connectivity index is 2.32. The quantitative estimate of drug-likeness (QED) is 0.724. The predicted octanol–water partition coefficient (Wildman–Crippen LogP) is 3.35. The summed E-state index contributed by atoms with van der Waals surface area (Å²) < 4.78 is 6.25. The van der Waals surface area contributed by atoms with E-state index < -0.39 is 0 Å². The van der Waals surface area contributed by atoms with E-state index in [1.165, 1.54) is 9.35 Å². The van der Waals surface area contributed by atoms with Gasteiger partial charge in [0.1, 0.15) is 0 Å². The van der Waals surface area contributed by atoms with Gasteiger partial charge in [0.2, 0.25) is 0 Å². The summed E-state index contributed by atoms with van der Waals surface area (Å²) in [6, 6.07) is 2.17. The first-order valence-electron chi connectivity index (χ1n) is 4.66. The van der Waals surface area contributed by atoms with Gasteiger partial charge in [-0.2, -0.15) is 0 Å². The minimum Gasteiger partial charge on any atom is -0.383 e. The van der Waals surface area contributed by atoms with Crippen molar-refractivity contribution in [2.24, 2.45) is 0 Å². The van der Waals surface area contributed by atoms with Crippen LogP contribution in [0.5, 0.6) is 0 Å². The van der Waals surface area contributed by atoms with Crippen molar-refractivity contribution in [3.05, 3.63) is 20.8 Å². The minimum absolute atomic E-state index is 0.399. The second-order valence-electron chi connectivity index (χ2n) is 3.48. The zero-order valence-corrected chi connectivity index (χ0v) is 12.9. The largest absolute Gasteiger partial charge is 0.383 e. The number of rotatable bonds is 6. The van der Waals surface area contributed by atoms with Crippen molar-refractivity contribution >= 4 is 43.2 Å². The fraction of sp³-hybridized carbons (Fsp3) is 0.600. The third-order valence-corrected chi connectivity index (χ3v) is 4.14. The number of methoxy groups -OCH3 is 1. The highest BCUT2D eigenvalue weighted by atomic mass is 79.9. The molecule has 0 N–H and O–H groups in total. The molecule has 0 aliphatic carbocycles. The molecule has 0 fully saturated rings. The number of halogens is 2. The van der Waals surface area contributed by atoms with E-state index in [4.69, 9.17) is 4.74 Å². The topological polar surface area (TPSA) is 12.5 Å². The fourth-order valence-electron chi connectivity index (χ4n) is 1.34. The highest BCUT2D eigenvalue weighted by molar-refractivity contribution is 9.10. The van der Waals surface area contributed by atoms with Crippen LogP contribution in [0.1, 0.15) is 4.88 Å². The van der Waals surface area contributed by atoms with Crippen molar-refractivity contribution in [2.75, 3.05) is 27.3 Å². The zero-order chi connectivity index (χ0) is 11.3. The maximum atomic E-state index is 5.08. The summed E-state index contributed by atoms with van der Waals surface area (Å²) in [7, 11) is 3.85. The Labute approximate surface area is 112 Å². The number of hydrogen-bond acceptors (Lipinski definition) is 3. The summed E-state index contributed by atoms with van der Waals surface area (Å²) in [5.41, 5.74) is 0. The molecule has 15 heavy (non-hydrogen) atoms. The molecular formula is C10H15Br2NOS. The third-order valence-electron chi connectivity index (χ3n) is 1.90. The first-order chi connectivity index (χ1) is 7.11. The van der Waals surface area contributed by atoms with E-state index in [9.17, 15) is 0 Å². The molecule has 1 aromatic rings. The molecule has 1 heterocycles. The van der Waals surface area contributed by atoms with Crippen LogP contribution in [0.25, 0.3) is 0 Å². The van der Waals surface area contributed by atoms with Gasteiger partial charge in [-0.15, -0.1) is 11.3 Å². The van der Waals surface area contributed by atoms with Crippen molar-refractivity contribution in [2.45, 2.75) is 11.4 Å². The second-order valence-corrected chi connectivity index (χ2v) is 6.69. The fourth-order valence-corrected chi connectivity index (χ4v) is 3.63. The van der Waals surface area contributed by atoms with Crippen molar-refractivity contribution < 1.29 is 4.74 Å². The lowest BCUT2D eigenvalue weighted by atomic mass is 10.4. The van der Waals surface area contributed by atoms with Crippen LogP contribution in [0.4, 0.5) is 0 Å². The maximum Gasteiger partial charge on any atom is 0.0600 e. The van der Waals surface area contributed by atoms with Crippen molar-refractivity contribution in [3.63, 3.8) is 0 Å². The molecule has 0 aliphatic heterocycles. The molecule has 1 unspecified atom stereocenters. The highest BCUT2D eigenvalue weighted by Crippen LogP contribution is 2.21. The number of alkyl halides is 1. The number of hydrogen-bond donors (Lipinski definition) is 0. The van der Waals surface area contributed by atoms with Gasteiger partial charge in [-0.3, -0.25) is 0 Å². The first-order valence-corrected chi connectivity index (χ1v) is 7.25. The summed E-state index contributed by atoms with van der Waals surface area (Å²) in [5, 5.41) is 2.12. The van der Waals surface area contributed by atoms with Crippen LogP contribution in [-0.2, 0) is 11.3 Å². The van der Waals surface area contributed by atoms with E-state index in [2.05, 4.69) is 55.3 Å². The monoisotopic (exact) mass is 355 g/mol. The Morgan fingerprint density at radius 3 is 2.87 bits per heavy atom. The van der Waals surface area contributed by atoms with Gasteiger partial charge in [0.15, 0.2) is 0 Å². The summed E-state index contributed by atoms with van der Waals surface area (Å²) in [4.78, 5) is 4.06. The molecule has 0 radical (unpaired) electrons. The molecule has 1 atom stereocenters. The van der Waals surface area contributed by atoms with E-state index in [-0.39, 0.29) is 0 Å². The van der Waals surface area contributed by atoms with Gasteiger partial charge in [-0.05, 0) is 29.0 Å². The van der Waals surface area contributed by atoms with Crippen LogP contribution in [0.2, 0.25) is 0 Å². The lowest BCUT2D eigenvalue weighted by molar-refractivity contribution is 0.185. The van der Waals surface area contributed by atoms with Crippen molar-refractivity contribution in [1.82, 2.24) is 4.90 Å². The molecule has 86 valence electrons. The van der Waals surface area contributed by atoms with Gasteiger partial charge in [-0.25, -0.2) is 0 Å². The number of ether oxygens (including phenoxy) is 1. The van der Waals surface area contributed by atoms with Crippen LogP contribution >= 0.6 is 43.2 Å². The Kier molecular flexibility index (Phi) is 6.38. The number of thiophene rings is 1. The van der Waals surface area contributed by atoms with Crippen LogP contribution in [0.15, 0.2) is 15.9 Å². The molecule has 0 bridgehead atoms. The Morgan fingerprint density at radius 1 is 1.60 bits per heavy atom.